The molecule has 2 aliphatic rings. The molecule has 0 aromatic rings. The van der Waals surface area contributed by atoms with Crippen LogP contribution >= 0.6 is 0 Å². The predicted octanol–water partition coefficient (Wildman–Crippen LogP) is 3.72. The molecule has 14 heavy (non-hydrogen) atoms. The molecule has 2 atom stereocenters. The summed E-state index contributed by atoms with van der Waals surface area (Å²) in [7, 11) is 0. The van der Waals surface area contributed by atoms with E-state index in [4.69, 9.17) is 0 Å². The highest BCUT2D eigenvalue weighted by atomic mass is 16.1. The first-order valence-corrected chi connectivity index (χ1v) is 6.22. The number of carbonyl (C=O) groups excluding carboxylic acids is 1. The first-order valence-electron chi connectivity index (χ1n) is 6.22. The van der Waals surface area contributed by atoms with Gasteiger partial charge in [0.2, 0.25) is 0 Å². The first-order chi connectivity index (χ1) is 6.71. The van der Waals surface area contributed by atoms with Crippen molar-refractivity contribution in [1.82, 2.24) is 0 Å². The van der Waals surface area contributed by atoms with Gasteiger partial charge < -0.3 is 0 Å². The quantitative estimate of drug-likeness (QED) is 0.574. The lowest BCUT2D eigenvalue weighted by Crippen LogP contribution is -2.35. The Morgan fingerprint density at radius 1 is 1.14 bits per heavy atom. The SMILES string of the molecule is CC12CCCCCCC1CCC(=O)C2. The van der Waals surface area contributed by atoms with Crippen molar-refractivity contribution in [3.63, 3.8) is 0 Å². The summed E-state index contributed by atoms with van der Waals surface area (Å²) in [4.78, 5) is 11.5. The Morgan fingerprint density at radius 3 is 2.79 bits per heavy atom. The molecule has 2 aliphatic carbocycles. The van der Waals surface area contributed by atoms with Crippen LogP contribution in [0.3, 0.4) is 0 Å². The minimum Gasteiger partial charge on any atom is -0.300 e. The summed E-state index contributed by atoms with van der Waals surface area (Å²) in [5.41, 5.74) is 0.371. The van der Waals surface area contributed by atoms with Crippen molar-refractivity contribution < 1.29 is 4.79 Å². The van der Waals surface area contributed by atoms with E-state index in [-0.39, 0.29) is 0 Å². The molecule has 0 saturated heterocycles. The van der Waals surface area contributed by atoms with Gasteiger partial charge in [0.05, 0.1) is 0 Å². The fourth-order valence-corrected chi connectivity index (χ4v) is 3.43. The van der Waals surface area contributed by atoms with E-state index < -0.39 is 0 Å². The second-order valence-corrected chi connectivity index (χ2v) is 5.56. The normalized spacial score (nSPS) is 39.8. The lowest BCUT2D eigenvalue weighted by molar-refractivity contribution is -0.126. The summed E-state index contributed by atoms with van der Waals surface area (Å²) < 4.78 is 0. The van der Waals surface area contributed by atoms with Gasteiger partial charge in [-0.05, 0) is 30.6 Å². The van der Waals surface area contributed by atoms with Crippen molar-refractivity contribution in [3.8, 4) is 0 Å². The maximum absolute atomic E-state index is 11.5. The Balaban J connectivity index is 2.08. The third kappa shape index (κ3) is 2.02. The molecule has 0 aromatic carbocycles. The molecule has 0 bridgehead atoms. The molecular weight excluding hydrogens is 172 g/mol. The summed E-state index contributed by atoms with van der Waals surface area (Å²) in [6.07, 6.45) is 11.1. The highest BCUT2D eigenvalue weighted by Crippen LogP contribution is 2.46. The molecule has 0 aromatic heterocycles. The second-order valence-electron chi connectivity index (χ2n) is 5.56. The van der Waals surface area contributed by atoms with Crippen LogP contribution in [0, 0.1) is 11.3 Å². The molecule has 80 valence electrons. The van der Waals surface area contributed by atoms with E-state index in [1.165, 1.54) is 44.9 Å². The smallest absolute Gasteiger partial charge is 0.133 e. The van der Waals surface area contributed by atoms with E-state index in [2.05, 4.69) is 6.92 Å². The summed E-state index contributed by atoms with van der Waals surface area (Å²) in [5, 5.41) is 0. The fourth-order valence-electron chi connectivity index (χ4n) is 3.43. The van der Waals surface area contributed by atoms with Gasteiger partial charge in [0, 0.05) is 12.8 Å². The van der Waals surface area contributed by atoms with Crippen LogP contribution in [0.2, 0.25) is 0 Å². The topological polar surface area (TPSA) is 17.1 Å². The fraction of sp³-hybridized carbons (Fsp3) is 0.923. The monoisotopic (exact) mass is 194 g/mol. The van der Waals surface area contributed by atoms with Crippen LogP contribution in [0.15, 0.2) is 0 Å². The van der Waals surface area contributed by atoms with Gasteiger partial charge in [0.15, 0.2) is 0 Å². The average molecular weight is 194 g/mol. The first kappa shape index (κ1) is 10.2. The van der Waals surface area contributed by atoms with E-state index >= 15 is 0 Å². The van der Waals surface area contributed by atoms with E-state index in [0.29, 0.717) is 11.2 Å². The molecule has 0 N–H and O–H groups in total. The van der Waals surface area contributed by atoms with Crippen LogP contribution in [0.4, 0.5) is 0 Å². The van der Waals surface area contributed by atoms with Gasteiger partial charge in [-0.2, -0.15) is 0 Å². The van der Waals surface area contributed by atoms with Crippen molar-refractivity contribution in [3.05, 3.63) is 0 Å². The molecule has 0 amide bonds. The molecule has 1 nitrogen and oxygen atoms in total. The summed E-state index contributed by atoms with van der Waals surface area (Å²) >= 11 is 0. The maximum atomic E-state index is 11.5. The Hall–Kier alpha value is -0.330. The third-order valence-corrected chi connectivity index (χ3v) is 4.41. The van der Waals surface area contributed by atoms with Crippen molar-refractivity contribution in [1.29, 1.82) is 0 Å². The van der Waals surface area contributed by atoms with Crippen LogP contribution < -0.4 is 0 Å². The Labute approximate surface area is 87.3 Å². The largest absolute Gasteiger partial charge is 0.300 e. The number of carbonyl (C=O) groups is 1. The van der Waals surface area contributed by atoms with Gasteiger partial charge in [-0.15, -0.1) is 0 Å². The minimum absolute atomic E-state index is 0.371. The molecule has 2 unspecified atom stereocenters. The Bertz CT molecular complexity index is 221. The van der Waals surface area contributed by atoms with Gasteiger partial charge >= 0.3 is 0 Å². The predicted molar refractivity (Wildman–Crippen MR) is 58.2 cm³/mol. The number of ketones is 1. The Kier molecular flexibility index (Phi) is 2.94. The molecule has 1 heteroatoms. The van der Waals surface area contributed by atoms with Crippen molar-refractivity contribution in [2.45, 2.75) is 64.7 Å². The van der Waals surface area contributed by atoms with Gasteiger partial charge in [-0.1, -0.05) is 32.6 Å². The van der Waals surface area contributed by atoms with E-state index in [1.54, 1.807) is 0 Å². The highest BCUT2D eigenvalue weighted by Gasteiger charge is 2.39. The molecule has 2 rings (SSSR count). The maximum Gasteiger partial charge on any atom is 0.133 e. The van der Waals surface area contributed by atoms with Gasteiger partial charge in [0.1, 0.15) is 5.78 Å². The molecule has 0 heterocycles. The average Bonchev–Trinajstić information content (AvgIpc) is 2.10. The minimum atomic E-state index is 0.371. The van der Waals surface area contributed by atoms with Gasteiger partial charge in [-0.3, -0.25) is 4.79 Å². The molecule has 0 aliphatic heterocycles. The molecule has 0 spiro atoms. The number of fused-ring (bicyclic) bond motifs is 1. The van der Waals surface area contributed by atoms with Crippen LogP contribution in [-0.4, -0.2) is 5.78 Å². The van der Waals surface area contributed by atoms with E-state index in [9.17, 15) is 4.79 Å². The van der Waals surface area contributed by atoms with Crippen molar-refractivity contribution in [2.24, 2.45) is 11.3 Å². The number of rotatable bonds is 0. The van der Waals surface area contributed by atoms with E-state index in [0.717, 1.165) is 18.8 Å². The molecule has 2 saturated carbocycles. The zero-order valence-corrected chi connectivity index (χ0v) is 9.35. The van der Waals surface area contributed by atoms with Crippen LogP contribution in [0.25, 0.3) is 0 Å². The number of Topliss-reactive ketones (excluding diaryl/α,β-unsaturated/α-hetero) is 1. The number of hydrogen-bond donors (Lipinski definition) is 0. The third-order valence-electron chi connectivity index (χ3n) is 4.41. The molecular formula is C13H22O. The number of hydrogen-bond acceptors (Lipinski definition) is 1. The lowest BCUT2D eigenvalue weighted by atomic mass is 9.62. The summed E-state index contributed by atoms with van der Waals surface area (Å²) in [6.45, 7) is 2.36. The van der Waals surface area contributed by atoms with Gasteiger partial charge in [-0.25, -0.2) is 0 Å². The summed E-state index contributed by atoms with van der Waals surface area (Å²) in [6, 6.07) is 0. The second kappa shape index (κ2) is 4.04. The van der Waals surface area contributed by atoms with E-state index in [1.807, 2.05) is 0 Å². The van der Waals surface area contributed by atoms with Crippen LogP contribution in [0.1, 0.15) is 64.7 Å². The lowest BCUT2D eigenvalue weighted by Gasteiger charge is -2.42. The zero-order chi connectivity index (χ0) is 10.0. The summed E-state index contributed by atoms with van der Waals surface area (Å²) in [5.74, 6) is 1.37. The standard InChI is InChI=1S/C13H22O/c1-13-9-5-3-2-4-6-11(13)7-8-12(14)10-13/h11H,2-10H2,1H3. The molecule has 2 fully saturated rings. The van der Waals surface area contributed by atoms with Crippen LogP contribution in [-0.2, 0) is 4.79 Å². The molecule has 0 radical (unpaired) electrons. The van der Waals surface area contributed by atoms with Gasteiger partial charge in [0.25, 0.3) is 0 Å². The zero-order valence-electron chi connectivity index (χ0n) is 9.35. The van der Waals surface area contributed by atoms with Crippen LogP contribution in [0.5, 0.6) is 0 Å². The highest BCUT2D eigenvalue weighted by molar-refractivity contribution is 5.80. The van der Waals surface area contributed by atoms with Crippen molar-refractivity contribution >= 4 is 5.78 Å². The van der Waals surface area contributed by atoms with Crippen molar-refractivity contribution in [2.75, 3.05) is 0 Å². The Morgan fingerprint density at radius 2 is 1.93 bits per heavy atom.